The first kappa shape index (κ1) is 15.4. The van der Waals surface area contributed by atoms with Crippen molar-refractivity contribution in [3.05, 3.63) is 57.6 Å². The first-order valence-electron chi connectivity index (χ1n) is 7.87. The fraction of sp³-hybridized carbons (Fsp3) is 0.211. The number of hydrogen-bond acceptors (Lipinski definition) is 5. The fourth-order valence-electron chi connectivity index (χ4n) is 3.87. The lowest BCUT2D eigenvalue weighted by Gasteiger charge is -2.28. The van der Waals surface area contributed by atoms with Gasteiger partial charge in [0, 0.05) is 12.0 Å². The molecule has 0 aliphatic heterocycles. The Morgan fingerprint density at radius 1 is 0.960 bits per heavy atom. The number of aliphatic carboxylic acids is 1. The number of carboxylic acid groups (broad SMARTS) is 1. The molecule has 6 heteroatoms. The van der Waals surface area contributed by atoms with Crippen LogP contribution >= 0.6 is 0 Å². The summed E-state index contributed by atoms with van der Waals surface area (Å²) in [5.41, 5.74) is 1.96. The maximum atomic E-state index is 12.8. The van der Waals surface area contributed by atoms with Gasteiger partial charge >= 0.3 is 5.97 Å². The highest BCUT2D eigenvalue weighted by molar-refractivity contribution is 6.17. The van der Waals surface area contributed by atoms with Crippen molar-refractivity contribution in [3.63, 3.8) is 0 Å². The molecule has 0 fully saturated rings. The molecule has 0 radical (unpaired) electrons. The SMILES string of the molecule is O=C1c2c(O)cccc2Cc2c1c(O)cc1c2C(=O)CC(C(=O)O)C1. The minimum absolute atomic E-state index is 0.0230. The Balaban J connectivity index is 1.94. The molecule has 0 amide bonds. The number of benzene rings is 2. The van der Waals surface area contributed by atoms with Gasteiger partial charge in [-0.05, 0) is 41.7 Å². The fourth-order valence-corrected chi connectivity index (χ4v) is 3.87. The van der Waals surface area contributed by atoms with Crippen molar-refractivity contribution in [2.75, 3.05) is 0 Å². The standard InChI is InChI=1S/C19H14O6/c20-12-3-1-2-8-5-11-15-9(4-10(19(24)25)7-13(15)21)6-14(22)17(11)18(23)16(8)12/h1-3,6,10,20,22H,4-5,7H2,(H,24,25). The molecule has 4 rings (SSSR count). The van der Waals surface area contributed by atoms with Gasteiger partial charge in [-0.25, -0.2) is 0 Å². The maximum Gasteiger partial charge on any atom is 0.307 e. The summed E-state index contributed by atoms with van der Waals surface area (Å²) in [5, 5.41) is 29.5. The van der Waals surface area contributed by atoms with Crippen LogP contribution < -0.4 is 0 Å². The molecule has 2 aromatic rings. The van der Waals surface area contributed by atoms with Gasteiger partial charge in [0.15, 0.2) is 5.78 Å². The van der Waals surface area contributed by atoms with Crippen LogP contribution in [0.25, 0.3) is 0 Å². The van der Waals surface area contributed by atoms with E-state index in [0.717, 1.165) is 0 Å². The van der Waals surface area contributed by atoms with Crippen LogP contribution in [0, 0.1) is 5.92 Å². The van der Waals surface area contributed by atoms with Crippen LogP contribution in [0.15, 0.2) is 24.3 Å². The van der Waals surface area contributed by atoms with Crippen molar-refractivity contribution >= 4 is 17.5 Å². The van der Waals surface area contributed by atoms with Gasteiger partial charge in [-0.15, -0.1) is 0 Å². The van der Waals surface area contributed by atoms with E-state index in [-0.39, 0.29) is 47.7 Å². The van der Waals surface area contributed by atoms with Gasteiger partial charge < -0.3 is 15.3 Å². The summed E-state index contributed by atoms with van der Waals surface area (Å²) < 4.78 is 0. The predicted octanol–water partition coefficient (Wildman–Crippen LogP) is 2.06. The number of rotatable bonds is 1. The quantitative estimate of drug-likeness (QED) is 0.626. The number of carbonyl (C=O) groups excluding carboxylic acids is 2. The van der Waals surface area contributed by atoms with Crippen molar-refractivity contribution in [3.8, 4) is 11.5 Å². The van der Waals surface area contributed by atoms with E-state index in [4.69, 9.17) is 0 Å². The summed E-state index contributed by atoms with van der Waals surface area (Å²) >= 11 is 0. The largest absolute Gasteiger partial charge is 0.507 e. The lowest BCUT2D eigenvalue weighted by Crippen LogP contribution is -2.29. The Kier molecular flexibility index (Phi) is 3.18. The minimum Gasteiger partial charge on any atom is -0.507 e. The van der Waals surface area contributed by atoms with Crippen molar-refractivity contribution in [2.24, 2.45) is 5.92 Å². The van der Waals surface area contributed by atoms with E-state index in [2.05, 4.69) is 0 Å². The lowest BCUT2D eigenvalue weighted by atomic mass is 9.74. The molecule has 1 atom stereocenters. The van der Waals surface area contributed by atoms with Crippen LogP contribution in [-0.2, 0) is 17.6 Å². The van der Waals surface area contributed by atoms with E-state index in [9.17, 15) is 29.7 Å². The zero-order valence-electron chi connectivity index (χ0n) is 13.1. The Hall–Kier alpha value is -3.15. The van der Waals surface area contributed by atoms with Crippen molar-refractivity contribution in [1.82, 2.24) is 0 Å². The van der Waals surface area contributed by atoms with E-state index in [0.29, 0.717) is 22.3 Å². The van der Waals surface area contributed by atoms with Crippen LogP contribution in [0.4, 0.5) is 0 Å². The van der Waals surface area contributed by atoms with Gasteiger partial charge in [-0.3, -0.25) is 14.4 Å². The number of carboxylic acids is 1. The third-order valence-corrected chi connectivity index (χ3v) is 4.97. The summed E-state index contributed by atoms with van der Waals surface area (Å²) in [6, 6.07) is 6.02. The van der Waals surface area contributed by atoms with Crippen molar-refractivity contribution < 1.29 is 29.7 Å². The molecule has 0 saturated carbocycles. The third kappa shape index (κ3) is 2.14. The molecule has 2 aliphatic rings. The van der Waals surface area contributed by atoms with E-state index < -0.39 is 17.7 Å². The zero-order valence-corrected chi connectivity index (χ0v) is 13.1. The molecule has 126 valence electrons. The molecular formula is C19H14O6. The number of Topliss-reactive ketones (excluding diaryl/α,β-unsaturated/α-hetero) is 1. The number of carbonyl (C=O) groups is 3. The van der Waals surface area contributed by atoms with Gasteiger partial charge in [0.1, 0.15) is 11.5 Å². The zero-order chi connectivity index (χ0) is 17.9. The molecule has 0 saturated heterocycles. The lowest BCUT2D eigenvalue weighted by molar-refractivity contribution is -0.141. The number of ketones is 2. The summed E-state index contributed by atoms with van der Waals surface area (Å²) in [7, 11) is 0. The number of aromatic hydroxyl groups is 2. The van der Waals surface area contributed by atoms with E-state index >= 15 is 0 Å². The number of hydrogen-bond donors (Lipinski definition) is 3. The molecule has 0 heterocycles. The second-order valence-electron chi connectivity index (χ2n) is 6.47. The number of phenolic OH excluding ortho intramolecular Hbond substituents is 2. The van der Waals surface area contributed by atoms with Crippen LogP contribution in [0.3, 0.4) is 0 Å². The predicted molar refractivity (Wildman–Crippen MR) is 86.2 cm³/mol. The Labute approximate surface area is 142 Å². The number of phenols is 2. The summed E-state index contributed by atoms with van der Waals surface area (Å²) in [4.78, 5) is 36.6. The topological polar surface area (TPSA) is 112 Å². The monoisotopic (exact) mass is 338 g/mol. The molecule has 0 spiro atoms. The van der Waals surface area contributed by atoms with Crippen LogP contribution in [0.2, 0.25) is 0 Å². The Morgan fingerprint density at radius 2 is 1.72 bits per heavy atom. The van der Waals surface area contributed by atoms with Gasteiger partial charge in [0.05, 0.1) is 17.0 Å². The van der Waals surface area contributed by atoms with E-state index in [1.807, 2.05) is 0 Å². The summed E-state index contributed by atoms with van der Waals surface area (Å²) in [5.74, 6) is -3.19. The molecule has 3 N–H and O–H groups in total. The first-order chi connectivity index (χ1) is 11.9. The van der Waals surface area contributed by atoms with Gasteiger partial charge in [-0.2, -0.15) is 0 Å². The van der Waals surface area contributed by atoms with Crippen molar-refractivity contribution in [2.45, 2.75) is 19.3 Å². The number of fused-ring (bicyclic) bond motifs is 4. The molecule has 1 unspecified atom stereocenters. The molecule has 0 aromatic heterocycles. The van der Waals surface area contributed by atoms with Crippen LogP contribution in [0.5, 0.6) is 11.5 Å². The highest BCUT2D eigenvalue weighted by Gasteiger charge is 2.37. The average molecular weight is 338 g/mol. The smallest absolute Gasteiger partial charge is 0.307 e. The van der Waals surface area contributed by atoms with E-state index in [1.165, 1.54) is 12.1 Å². The summed E-state index contributed by atoms with van der Waals surface area (Å²) in [6.07, 6.45) is 0.240. The summed E-state index contributed by atoms with van der Waals surface area (Å²) in [6.45, 7) is 0. The van der Waals surface area contributed by atoms with Gasteiger partial charge in [0.25, 0.3) is 0 Å². The average Bonchev–Trinajstić information content (AvgIpc) is 2.53. The second-order valence-corrected chi connectivity index (χ2v) is 6.47. The highest BCUT2D eigenvalue weighted by atomic mass is 16.4. The normalized spacial score (nSPS) is 18.3. The molecule has 6 nitrogen and oxygen atoms in total. The van der Waals surface area contributed by atoms with Crippen LogP contribution in [-0.4, -0.2) is 32.9 Å². The first-order valence-corrected chi connectivity index (χ1v) is 7.87. The van der Waals surface area contributed by atoms with Gasteiger partial charge in [0.2, 0.25) is 5.78 Å². The Bertz CT molecular complexity index is 972. The molecule has 25 heavy (non-hydrogen) atoms. The van der Waals surface area contributed by atoms with Crippen molar-refractivity contribution in [1.29, 1.82) is 0 Å². The van der Waals surface area contributed by atoms with E-state index in [1.54, 1.807) is 12.1 Å². The maximum absolute atomic E-state index is 12.8. The van der Waals surface area contributed by atoms with Crippen LogP contribution in [0.1, 0.15) is 49.4 Å². The third-order valence-electron chi connectivity index (χ3n) is 4.97. The molecule has 2 aromatic carbocycles. The highest BCUT2D eigenvalue weighted by Crippen LogP contribution is 2.41. The Morgan fingerprint density at radius 3 is 2.44 bits per heavy atom. The molecule has 2 aliphatic carbocycles. The molecular weight excluding hydrogens is 324 g/mol. The molecule has 0 bridgehead atoms. The second kappa shape index (κ2) is 5.17. The minimum atomic E-state index is -1.05. The van der Waals surface area contributed by atoms with Gasteiger partial charge in [-0.1, -0.05) is 12.1 Å².